The number of amides is 1. The number of benzene rings is 1. The first-order valence-corrected chi connectivity index (χ1v) is 9.11. The highest BCUT2D eigenvalue weighted by atomic mass is 79.9. The quantitative estimate of drug-likeness (QED) is 0.690. The summed E-state index contributed by atoms with van der Waals surface area (Å²) < 4.78 is 4.31. The predicted molar refractivity (Wildman–Crippen MR) is 103 cm³/mol. The molecule has 0 radical (unpaired) electrons. The average Bonchev–Trinajstić information content (AvgIpc) is 3.15. The number of nitrogens with one attached hydrogen (secondary N) is 1. The summed E-state index contributed by atoms with van der Waals surface area (Å²) in [5.74, 6) is 0.0748. The number of nitrogens with zero attached hydrogens (tertiary/aromatic N) is 5. The van der Waals surface area contributed by atoms with Gasteiger partial charge in [0.05, 0.1) is 22.4 Å². The summed E-state index contributed by atoms with van der Waals surface area (Å²) in [7, 11) is 0. The summed E-state index contributed by atoms with van der Waals surface area (Å²) in [5.41, 5.74) is 4.09. The van der Waals surface area contributed by atoms with Crippen molar-refractivity contribution >= 4 is 27.8 Å². The zero-order chi connectivity index (χ0) is 18.8. The molecule has 1 unspecified atom stereocenters. The number of aromatic nitrogens is 5. The molecule has 0 saturated carbocycles. The highest BCUT2D eigenvalue weighted by Gasteiger charge is 2.21. The Morgan fingerprint density at radius 1 is 1.19 bits per heavy atom. The molecule has 0 aliphatic carbocycles. The Hall–Kier alpha value is -2.48. The molecule has 8 heteroatoms. The van der Waals surface area contributed by atoms with E-state index in [1.807, 2.05) is 13.8 Å². The van der Waals surface area contributed by atoms with Gasteiger partial charge in [0.2, 0.25) is 5.95 Å². The molecule has 1 N–H and O–H groups in total. The predicted octanol–water partition coefficient (Wildman–Crippen LogP) is 3.41. The summed E-state index contributed by atoms with van der Waals surface area (Å²) in [4.78, 5) is 16.7. The third-order valence-corrected chi connectivity index (χ3v) is 5.37. The van der Waals surface area contributed by atoms with Crippen LogP contribution in [-0.2, 0) is 11.3 Å². The number of hydrogen-bond acceptors (Lipinski definition) is 4. The van der Waals surface area contributed by atoms with Crippen molar-refractivity contribution in [3.8, 4) is 0 Å². The maximum absolute atomic E-state index is 12.5. The summed E-state index contributed by atoms with van der Waals surface area (Å²) in [6.07, 6.45) is 1.61. The summed E-state index contributed by atoms with van der Waals surface area (Å²) in [6, 6.07) is 7.76. The Morgan fingerprint density at radius 3 is 2.50 bits per heavy atom. The minimum absolute atomic E-state index is 0.212. The fourth-order valence-corrected chi connectivity index (χ4v) is 2.92. The van der Waals surface area contributed by atoms with Crippen LogP contribution in [0.5, 0.6) is 0 Å². The highest BCUT2D eigenvalue weighted by molar-refractivity contribution is 9.10. The molecule has 3 rings (SSSR count). The van der Waals surface area contributed by atoms with Crippen LogP contribution >= 0.6 is 15.9 Å². The van der Waals surface area contributed by atoms with E-state index in [1.165, 1.54) is 5.56 Å². The van der Waals surface area contributed by atoms with Gasteiger partial charge in [-0.25, -0.2) is 9.67 Å². The van der Waals surface area contributed by atoms with Crippen LogP contribution in [-0.4, -0.2) is 30.5 Å². The zero-order valence-corrected chi connectivity index (χ0v) is 16.8. The lowest BCUT2D eigenvalue weighted by molar-refractivity contribution is -0.119. The van der Waals surface area contributed by atoms with Gasteiger partial charge < -0.3 is 0 Å². The van der Waals surface area contributed by atoms with Crippen LogP contribution in [0.4, 0.5) is 5.95 Å². The van der Waals surface area contributed by atoms with Gasteiger partial charge in [0.15, 0.2) is 0 Å². The zero-order valence-electron chi connectivity index (χ0n) is 15.2. The standard InChI is InChI=1S/C18H21BrN6O/c1-11-5-7-15(8-6-11)9-24-10-20-18(23-24)21-17(26)14(4)25-13(3)16(19)12(2)22-25/h5-8,10,14H,9H2,1-4H3,(H,21,23,26). The lowest BCUT2D eigenvalue weighted by Crippen LogP contribution is -2.25. The normalized spacial score (nSPS) is 12.2. The molecule has 136 valence electrons. The van der Waals surface area contributed by atoms with Crippen molar-refractivity contribution in [3.63, 3.8) is 0 Å². The van der Waals surface area contributed by atoms with Crippen molar-refractivity contribution in [2.24, 2.45) is 0 Å². The van der Waals surface area contributed by atoms with Crippen molar-refractivity contribution in [1.29, 1.82) is 0 Å². The third kappa shape index (κ3) is 3.85. The second kappa shape index (κ2) is 7.41. The SMILES string of the molecule is Cc1ccc(Cn2cnc(NC(=O)C(C)n3nc(C)c(Br)c3C)n2)cc1. The van der Waals surface area contributed by atoms with Gasteiger partial charge >= 0.3 is 0 Å². The Bertz CT molecular complexity index is 928. The Morgan fingerprint density at radius 2 is 1.88 bits per heavy atom. The summed E-state index contributed by atoms with van der Waals surface area (Å²) in [5, 5.41) is 11.5. The van der Waals surface area contributed by atoms with Gasteiger partial charge in [0.25, 0.3) is 5.91 Å². The lowest BCUT2D eigenvalue weighted by atomic mass is 10.1. The molecule has 1 atom stereocenters. The molecule has 1 aromatic carbocycles. The van der Waals surface area contributed by atoms with Crippen molar-refractivity contribution in [2.75, 3.05) is 5.32 Å². The van der Waals surface area contributed by atoms with Crippen molar-refractivity contribution < 1.29 is 4.79 Å². The van der Waals surface area contributed by atoms with Crippen molar-refractivity contribution in [2.45, 2.75) is 40.3 Å². The minimum Gasteiger partial charge on any atom is -0.291 e. The number of aryl methyl sites for hydroxylation is 2. The number of hydrogen-bond donors (Lipinski definition) is 1. The first-order valence-electron chi connectivity index (χ1n) is 8.32. The number of halogens is 1. The van der Waals surface area contributed by atoms with Crippen LogP contribution in [0.3, 0.4) is 0 Å². The molecule has 2 heterocycles. The fraction of sp³-hybridized carbons (Fsp3) is 0.333. The molecule has 26 heavy (non-hydrogen) atoms. The van der Waals surface area contributed by atoms with E-state index in [-0.39, 0.29) is 11.9 Å². The topological polar surface area (TPSA) is 77.6 Å². The number of rotatable bonds is 5. The lowest BCUT2D eigenvalue weighted by Gasteiger charge is -2.13. The maximum atomic E-state index is 12.5. The van der Waals surface area contributed by atoms with E-state index in [4.69, 9.17) is 0 Å². The number of carbonyl (C=O) groups excluding carboxylic acids is 1. The molecule has 0 fully saturated rings. The number of carbonyl (C=O) groups is 1. The van der Waals surface area contributed by atoms with E-state index >= 15 is 0 Å². The maximum Gasteiger partial charge on any atom is 0.251 e. The molecule has 3 aromatic rings. The van der Waals surface area contributed by atoms with E-state index in [0.29, 0.717) is 6.54 Å². The largest absolute Gasteiger partial charge is 0.291 e. The molecule has 0 spiro atoms. The average molecular weight is 417 g/mol. The fourth-order valence-electron chi connectivity index (χ4n) is 2.65. The van der Waals surface area contributed by atoms with E-state index < -0.39 is 6.04 Å². The Balaban J connectivity index is 1.67. The van der Waals surface area contributed by atoms with Gasteiger partial charge in [-0.15, -0.1) is 5.10 Å². The van der Waals surface area contributed by atoms with Crippen LogP contribution < -0.4 is 5.32 Å². The molecule has 1 amide bonds. The third-order valence-electron chi connectivity index (χ3n) is 4.22. The summed E-state index contributed by atoms with van der Waals surface area (Å²) in [6.45, 7) is 8.26. The van der Waals surface area contributed by atoms with Crippen molar-refractivity contribution in [1.82, 2.24) is 24.5 Å². The number of anilines is 1. The molecule has 0 saturated heterocycles. The highest BCUT2D eigenvalue weighted by Crippen LogP contribution is 2.23. The monoisotopic (exact) mass is 416 g/mol. The van der Waals surface area contributed by atoms with Gasteiger partial charge in [-0.05, 0) is 49.2 Å². The minimum atomic E-state index is -0.468. The smallest absolute Gasteiger partial charge is 0.251 e. The molecular weight excluding hydrogens is 396 g/mol. The van der Waals surface area contributed by atoms with E-state index in [1.54, 1.807) is 22.6 Å². The molecule has 2 aromatic heterocycles. The van der Waals surface area contributed by atoms with Crippen LogP contribution in [0.15, 0.2) is 35.1 Å². The second-order valence-electron chi connectivity index (χ2n) is 6.35. The summed E-state index contributed by atoms with van der Waals surface area (Å²) >= 11 is 3.48. The van der Waals surface area contributed by atoms with Gasteiger partial charge in [-0.2, -0.15) is 5.10 Å². The van der Waals surface area contributed by atoms with E-state index in [0.717, 1.165) is 21.4 Å². The van der Waals surface area contributed by atoms with Gasteiger partial charge in [-0.3, -0.25) is 14.8 Å². The van der Waals surface area contributed by atoms with E-state index in [2.05, 4.69) is 67.6 Å². The Kier molecular flexibility index (Phi) is 5.22. The molecule has 0 aliphatic rings. The molecule has 0 bridgehead atoms. The first kappa shape index (κ1) is 18.3. The van der Waals surface area contributed by atoms with Gasteiger partial charge in [0, 0.05) is 0 Å². The molecule has 0 aliphatic heterocycles. The van der Waals surface area contributed by atoms with Crippen molar-refractivity contribution in [3.05, 3.63) is 57.6 Å². The second-order valence-corrected chi connectivity index (χ2v) is 7.14. The Labute approximate surface area is 160 Å². The first-order chi connectivity index (χ1) is 12.3. The van der Waals surface area contributed by atoms with Crippen LogP contribution in [0.25, 0.3) is 0 Å². The van der Waals surface area contributed by atoms with Gasteiger partial charge in [0.1, 0.15) is 12.4 Å². The molecule has 7 nitrogen and oxygen atoms in total. The van der Waals surface area contributed by atoms with Crippen LogP contribution in [0, 0.1) is 20.8 Å². The van der Waals surface area contributed by atoms with Crippen LogP contribution in [0.1, 0.15) is 35.5 Å². The van der Waals surface area contributed by atoms with Gasteiger partial charge in [-0.1, -0.05) is 29.8 Å². The molecular formula is C18H21BrN6O. The van der Waals surface area contributed by atoms with Crippen LogP contribution in [0.2, 0.25) is 0 Å². The van der Waals surface area contributed by atoms with E-state index in [9.17, 15) is 4.79 Å².